The quantitative estimate of drug-likeness (QED) is 0.741. The Kier molecular flexibility index (Phi) is 6.03. The maximum absolute atomic E-state index is 14.0. The van der Waals surface area contributed by atoms with Crippen molar-refractivity contribution < 1.29 is 23.1 Å². The Morgan fingerprint density at radius 2 is 1.96 bits per heavy atom. The van der Waals surface area contributed by atoms with Gasteiger partial charge in [0.2, 0.25) is 0 Å². The van der Waals surface area contributed by atoms with Gasteiger partial charge < -0.3 is 15.0 Å². The Morgan fingerprint density at radius 1 is 1.28 bits per heavy atom. The third-order valence-electron chi connectivity index (χ3n) is 3.67. The van der Waals surface area contributed by atoms with Crippen molar-refractivity contribution in [2.24, 2.45) is 0 Å². The lowest BCUT2D eigenvalue weighted by Gasteiger charge is -2.33. The number of rotatable bonds is 2. The summed E-state index contributed by atoms with van der Waals surface area (Å²) >= 11 is 2.88. The van der Waals surface area contributed by atoms with Gasteiger partial charge in [0.05, 0.1) is 10.0 Å². The molecule has 0 saturated carbocycles. The van der Waals surface area contributed by atoms with Crippen LogP contribution in [0.1, 0.15) is 44.0 Å². The minimum atomic E-state index is -0.791. The second-order valence-electron chi connectivity index (χ2n) is 6.98. The highest BCUT2D eigenvalue weighted by molar-refractivity contribution is 9.10. The molecule has 5 nitrogen and oxygen atoms in total. The Hall–Kier alpha value is -1.70. The number of halogens is 3. The van der Waals surface area contributed by atoms with Crippen LogP contribution in [0.4, 0.5) is 13.6 Å². The predicted octanol–water partition coefficient (Wildman–Crippen LogP) is 3.86. The van der Waals surface area contributed by atoms with E-state index in [0.717, 1.165) is 12.1 Å². The van der Waals surface area contributed by atoms with E-state index < -0.39 is 29.2 Å². The molecule has 1 saturated heterocycles. The first-order valence-electron chi connectivity index (χ1n) is 8.00. The third-order valence-corrected chi connectivity index (χ3v) is 4.28. The van der Waals surface area contributed by atoms with Crippen LogP contribution in [0.3, 0.4) is 0 Å². The molecule has 0 aromatic heterocycles. The number of hydrogen-bond donors (Lipinski definition) is 1. The normalized spacial score (nSPS) is 18.0. The number of piperidine rings is 1. The van der Waals surface area contributed by atoms with Gasteiger partial charge in [-0.1, -0.05) is 0 Å². The number of ether oxygens (including phenoxy) is 1. The van der Waals surface area contributed by atoms with Crippen molar-refractivity contribution >= 4 is 27.9 Å². The summed E-state index contributed by atoms with van der Waals surface area (Å²) in [5.41, 5.74) is -0.939. The predicted molar refractivity (Wildman–Crippen MR) is 92.4 cm³/mol. The lowest BCUT2D eigenvalue weighted by molar-refractivity contribution is 0.0451. The third kappa shape index (κ3) is 5.39. The van der Waals surface area contributed by atoms with E-state index in [9.17, 15) is 18.4 Å². The van der Waals surface area contributed by atoms with Crippen molar-refractivity contribution in [3.63, 3.8) is 0 Å². The number of nitrogens with one attached hydrogen (secondary N) is 1. The van der Waals surface area contributed by atoms with Crippen LogP contribution in [0.25, 0.3) is 0 Å². The van der Waals surface area contributed by atoms with E-state index in [4.69, 9.17) is 4.74 Å². The standard InChI is InChI=1S/C17H21BrF2N2O3/c1-17(2,3)25-16(24)21-10-5-4-6-22(9-10)15(23)11-7-14(20)12(18)8-13(11)19/h7-8,10H,4-6,9H2,1-3H3,(H,21,24). The van der Waals surface area contributed by atoms with Gasteiger partial charge in [-0.25, -0.2) is 13.6 Å². The number of carbonyl (C=O) groups is 2. The number of carbonyl (C=O) groups excluding carboxylic acids is 2. The van der Waals surface area contributed by atoms with E-state index in [0.29, 0.717) is 19.4 Å². The largest absolute Gasteiger partial charge is 0.444 e. The molecule has 1 aliphatic rings. The Bertz CT molecular complexity index is 677. The molecule has 0 bridgehead atoms. The summed E-state index contributed by atoms with van der Waals surface area (Å²) in [4.78, 5) is 25.8. The molecule has 1 aromatic rings. The highest BCUT2D eigenvalue weighted by Crippen LogP contribution is 2.22. The van der Waals surface area contributed by atoms with Crippen LogP contribution in [0.15, 0.2) is 16.6 Å². The molecule has 1 unspecified atom stereocenters. The lowest BCUT2D eigenvalue weighted by Crippen LogP contribution is -2.50. The van der Waals surface area contributed by atoms with Crippen LogP contribution in [-0.2, 0) is 4.74 Å². The maximum Gasteiger partial charge on any atom is 0.407 e. The van der Waals surface area contributed by atoms with Gasteiger partial charge in [-0.2, -0.15) is 0 Å². The van der Waals surface area contributed by atoms with Crippen LogP contribution in [0, 0.1) is 11.6 Å². The zero-order chi connectivity index (χ0) is 18.8. The second kappa shape index (κ2) is 7.68. The first-order chi connectivity index (χ1) is 11.6. The molecule has 1 aromatic carbocycles. The number of amides is 2. The number of hydrogen-bond acceptors (Lipinski definition) is 3. The smallest absolute Gasteiger partial charge is 0.407 e. The maximum atomic E-state index is 14.0. The van der Waals surface area contributed by atoms with E-state index in [2.05, 4.69) is 21.2 Å². The SMILES string of the molecule is CC(C)(C)OC(=O)NC1CCCN(C(=O)c2cc(F)c(Br)cc2F)C1. The van der Waals surface area contributed by atoms with Crippen molar-refractivity contribution in [3.8, 4) is 0 Å². The molecule has 1 fully saturated rings. The van der Waals surface area contributed by atoms with Gasteiger partial charge in [0.15, 0.2) is 0 Å². The van der Waals surface area contributed by atoms with E-state index in [-0.39, 0.29) is 22.6 Å². The number of likely N-dealkylation sites (tertiary alicyclic amines) is 1. The average Bonchev–Trinajstić information content (AvgIpc) is 2.48. The van der Waals surface area contributed by atoms with Crippen molar-refractivity contribution in [2.75, 3.05) is 13.1 Å². The molecule has 1 atom stereocenters. The highest BCUT2D eigenvalue weighted by Gasteiger charge is 2.28. The topological polar surface area (TPSA) is 58.6 Å². The second-order valence-corrected chi connectivity index (χ2v) is 7.84. The molecule has 1 N–H and O–H groups in total. The molecular weight excluding hydrogens is 398 g/mol. The van der Waals surface area contributed by atoms with Crippen LogP contribution >= 0.6 is 15.9 Å². The molecule has 2 amide bonds. The summed E-state index contributed by atoms with van der Waals surface area (Å²) in [6, 6.07) is 1.52. The van der Waals surface area contributed by atoms with E-state index in [1.54, 1.807) is 20.8 Å². The van der Waals surface area contributed by atoms with Gasteiger partial charge in [0.25, 0.3) is 5.91 Å². The van der Waals surface area contributed by atoms with Crippen LogP contribution < -0.4 is 5.32 Å². The first-order valence-corrected chi connectivity index (χ1v) is 8.79. The Morgan fingerprint density at radius 3 is 2.60 bits per heavy atom. The molecule has 8 heteroatoms. The van der Waals surface area contributed by atoms with Gasteiger partial charge in [-0.15, -0.1) is 0 Å². The fourth-order valence-corrected chi connectivity index (χ4v) is 2.93. The van der Waals surface area contributed by atoms with Crippen LogP contribution in [0.2, 0.25) is 0 Å². The number of nitrogens with zero attached hydrogens (tertiary/aromatic N) is 1. The highest BCUT2D eigenvalue weighted by atomic mass is 79.9. The minimum absolute atomic E-state index is 0.0373. The van der Waals surface area contributed by atoms with Gasteiger partial charge in [-0.05, 0) is 61.7 Å². The van der Waals surface area contributed by atoms with Gasteiger partial charge in [-0.3, -0.25) is 4.79 Å². The molecule has 2 rings (SSSR count). The number of benzene rings is 1. The molecule has 25 heavy (non-hydrogen) atoms. The summed E-state index contributed by atoms with van der Waals surface area (Å²) < 4.78 is 32.8. The van der Waals surface area contributed by atoms with Crippen LogP contribution in [-0.4, -0.2) is 41.6 Å². The molecule has 0 aliphatic carbocycles. The summed E-state index contributed by atoms with van der Waals surface area (Å²) in [7, 11) is 0. The number of alkyl carbamates (subject to hydrolysis) is 1. The molecule has 0 radical (unpaired) electrons. The lowest BCUT2D eigenvalue weighted by atomic mass is 10.0. The van der Waals surface area contributed by atoms with Crippen molar-refractivity contribution in [1.82, 2.24) is 10.2 Å². The fraction of sp³-hybridized carbons (Fsp3) is 0.529. The Labute approximate surface area is 153 Å². The van der Waals surface area contributed by atoms with Crippen molar-refractivity contribution in [1.29, 1.82) is 0 Å². The first kappa shape index (κ1) is 19.6. The molecule has 0 spiro atoms. The van der Waals surface area contributed by atoms with Crippen molar-refractivity contribution in [2.45, 2.75) is 45.3 Å². The summed E-state index contributed by atoms with van der Waals surface area (Å²) in [6.45, 7) is 5.91. The van der Waals surface area contributed by atoms with E-state index in [1.165, 1.54) is 4.90 Å². The molecule has 1 heterocycles. The fourth-order valence-electron chi connectivity index (χ4n) is 2.61. The molecule has 138 valence electrons. The zero-order valence-corrected chi connectivity index (χ0v) is 16.0. The summed E-state index contributed by atoms with van der Waals surface area (Å²) in [5.74, 6) is -2.09. The minimum Gasteiger partial charge on any atom is -0.444 e. The zero-order valence-electron chi connectivity index (χ0n) is 14.4. The van der Waals surface area contributed by atoms with Crippen LogP contribution in [0.5, 0.6) is 0 Å². The average molecular weight is 419 g/mol. The Balaban J connectivity index is 2.04. The van der Waals surface area contributed by atoms with Gasteiger partial charge >= 0.3 is 6.09 Å². The van der Waals surface area contributed by atoms with Crippen molar-refractivity contribution in [3.05, 3.63) is 33.8 Å². The van der Waals surface area contributed by atoms with Gasteiger partial charge in [0, 0.05) is 19.1 Å². The summed E-state index contributed by atoms with van der Waals surface area (Å²) in [5, 5.41) is 2.72. The van der Waals surface area contributed by atoms with E-state index in [1.807, 2.05) is 0 Å². The summed E-state index contributed by atoms with van der Waals surface area (Å²) in [6.07, 6.45) is 0.764. The van der Waals surface area contributed by atoms with E-state index >= 15 is 0 Å². The molecular formula is C17H21BrF2N2O3. The monoisotopic (exact) mass is 418 g/mol. The molecule has 1 aliphatic heterocycles. The van der Waals surface area contributed by atoms with Gasteiger partial charge in [0.1, 0.15) is 17.2 Å².